The van der Waals surface area contributed by atoms with Gasteiger partial charge in [0.25, 0.3) is 0 Å². The average Bonchev–Trinajstić information content (AvgIpc) is 3.59. The molecule has 216 valence electrons. The summed E-state index contributed by atoms with van der Waals surface area (Å²) < 4.78 is 5.16. The number of hydrogen-bond acceptors (Lipinski definition) is 5. The van der Waals surface area contributed by atoms with Gasteiger partial charge in [-0.1, -0.05) is 49.2 Å². The van der Waals surface area contributed by atoms with E-state index in [4.69, 9.17) is 10.5 Å². The zero-order valence-corrected chi connectivity index (χ0v) is 24.2. The van der Waals surface area contributed by atoms with Gasteiger partial charge in [0.05, 0.1) is 25.4 Å². The van der Waals surface area contributed by atoms with Crippen LogP contribution < -0.4 is 16.2 Å². The molecule has 0 fully saturated rings. The van der Waals surface area contributed by atoms with E-state index in [9.17, 15) is 9.59 Å². The van der Waals surface area contributed by atoms with Crippen molar-refractivity contribution in [2.75, 3.05) is 14.2 Å². The van der Waals surface area contributed by atoms with Gasteiger partial charge in [-0.05, 0) is 67.4 Å². The van der Waals surface area contributed by atoms with Crippen molar-refractivity contribution in [1.29, 1.82) is 0 Å². The average molecular weight is 556 g/mol. The molecule has 0 bridgehead atoms. The number of carbonyl (C=O) groups is 2. The first-order chi connectivity index (χ1) is 20.0. The van der Waals surface area contributed by atoms with Gasteiger partial charge in [0.15, 0.2) is 0 Å². The Hall–Kier alpha value is -4.43. The number of aromatic nitrogens is 3. The van der Waals surface area contributed by atoms with E-state index in [1.54, 1.807) is 7.11 Å². The molecule has 5 aromatic rings. The molecule has 0 aliphatic rings. The number of unbranched alkanes of at least 4 members (excludes halogenated alkanes) is 4. The molecule has 0 aliphatic carbocycles. The van der Waals surface area contributed by atoms with Crippen molar-refractivity contribution in [3.05, 3.63) is 83.9 Å². The topological polar surface area (TPSA) is 140 Å². The maximum absolute atomic E-state index is 11.0. The van der Waals surface area contributed by atoms with E-state index in [-0.39, 0.29) is 12.3 Å². The quantitative estimate of drug-likeness (QED) is 0.117. The van der Waals surface area contributed by atoms with E-state index in [1.807, 2.05) is 31.3 Å². The minimum Gasteiger partial charge on any atom is -0.497 e. The third-order valence-corrected chi connectivity index (χ3v) is 6.85. The monoisotopic (exact) mass is 555 g/mol. The van der Waals surface area contributed by atoms with E-state index < -0.39 is 0 Å². The number of nitrogens with one attached hydrogen (secondary N) is 2. The summed E-state index contributed by atoms with van der Waals surface area (Å²) in [6, 6.07) is 20.6. The van der Waals surface area contributed by atoms with Crippen molar-refractivity contribution in [3.8, 4) is 17.0 Å². The van der Waals surface area contributed by atoms with Gasteiger partial charge in [0.1, 0.15) is 17.9 Å². The van der Waals surface area contributed by atoms with E-state index in [0.29, 0.717) is 6.42 Å². The Balaban J connectivity index is 0.000000225. The maximum Gasteiger partial charge on any atom is 0.221 e. The normalized spacial score (nSPS) is 10.4. The lowest BCUT2D eigenvalue weighted by molar-refractivity contribution is -0.117. The van der Waals surface area contributed by atoms with Crippen LogP contribution in [-0.4, -0.2) is 41.3 Å². The van der Waals surface area contributed by atoms with Crippen molar-refractivity contribution < 1.29 is 14.3 Å². The molecule has 41 heavy (non-hydrogen) atoms. The Morgan fingerprint density at radius 3 is 2.44 bits per heavy atom. The summed E-state index contributed by atoms with van der Waals surface area (Å²) >= 11 is 0. The van der Waals surface area contributed by atoms with Crippen molar-refractivity contribution in [1.82, 2.24) is 15.0 Å². The summed E-state index contributed by atoms with van der Waals surface area (Å²) in [4.78, 5) is 32.4. The largest absolute Gasteiger partial charge is 0.497 e. The number of H-pyrrole nitrogens is 2. The van der Waals surface area contributed by atoms with Crippen molar-refractivity contribution in [2.45, 2.75) is 51.9 Å². The first-order valence-corrected chi connectivity index (χ1v) is 14.0. The van der Waals surface area contributed by atoms with Gasteiger partial charge in [-0.3, -0.25) is 4.79 Å². The third-order valence-electron chi connectivity index (χ3n) is 6.85. The number of aromatic amines is 2. The van der Waals surface area contributed by atoms with Gasteiger partial charge >= 0.3 is 0 Å². The minimum atomic E-state index is -0.327. The van der Waals surface area contributed by atoms with Gasteiger partial charge in [-0.2, -0.15) is 0 Å². The molecule has 6 N–H and O–H groups in total. The molecule has 2 heterocycles. The number of amides is 1. The number of aryl methyl sites for hydroxylation is 2. The van der Waals surface area contributed by atoms with E-state index in [0.717, 1.165) is 77.8 Å². The molecule has 5 rings (SSSR count). The van der Waals surface area contributed by atoms with Crippen molar-refractivity contribution in [2.24, 2.45) is 11.5 Å². The summed E-state index contributed by atoms with van der Waals surface area (Å²) in [6.45, 7) is 1.94. The summed E-state index contributed by atoms with van der Waals surface area (Å²) in [5.41, 5.74) is 14.9. The smallest absolute Gasteiger partial charge is 0.221 e. The summed E-state index contributed by atoms with van der Waals surface area (Å²) in [5, 5.41) is 3.50. The molecule has 0 aliphatic heterocycles. The number of carbonyl (C=O) groups excluding carboxylic acids is 2. The molecule has 0 unspecified atom stereocenters. The number of imidazole rings is 1. The first-order valence-electron chi connectivity index (χ1n) is 14.0. The second-order valence-electron chi connectivity index (χ2n) is 9.71. The number of fused-ring (bicyclic) bond motifs is 2. The molecule has 0 atom stereocenters. The Morgan fingerprint density at radius 2 is 1.71 bits per heavy atom. The van der Waals surface area contributed by atoms with Crippen molar-refractivity contribution in [3.63, 3.8) is 0 Å². The van der Waals surface area contributed by atoms with Gasteiger partial charge in [0, 0.05) is 35.0 Å². The fraction of sp³-hybridized carbons (Fsp3) is 0.303. The standard InChI is InChI=1S/C20H22N2O.C12H14N2O2.CH5N/c23-13-7-3-1-2-4-10-20-21-15-19(22-20)18-12-11-16-8-5-6-9-17(16)14-18;1-7-9(6-12(13)15)10-5-8(16-2)3-4-11(10)14-7;1-2/h5-6,8-9,11-15H,1-4,7,10H2,(H,21,22);3-5,14H,6H2,1-2H3,(H2,13,15);2H2,1H3. The lowest BCUT2D eigenvalue weighted by Gasteiger charge is -2.02. The Bertz CT molecular complexity index is 1550. The maximum atomic E-state index is 11.0. The zero-order valence-electron chi connectivity index (χ0n) is 24.2. The van der Waals surface area contributed by atoms with Gasteiger partial charge in [-0.25, -0.2) is 4.98 Å². The number of benzene rings is 3. The number of methoxy groups -OCH3 is 1. The second kappa shape index (κ2) is 16.0. The van der Waals surface area contributed by atoms with Crippen LogP contribution in [-0.2, 0) is 22.4 Å². The highest BCUT2D eigenvalue weighted by molar-refractivity contribution is 5.90. The molecular weight excluding hydrogens is 514 g/mol. The second-order valence-corrected chi connectivity index (χ2v) is 9.71. The lowest BCUT2D eigenvalue weighted by atomic mass is 10.1. The predicted molar refractivity (Wildman–Crippen MR) is 167 cm³/mol. The molecule has 0 saturated heterocycles. The highest BCUT2D eigenvalue weighted by atomic mass is 16.5. The van der Waals surface area contributed by atoms with Crippen LogP contribution in [0, 0.1) is 6.92 Å². The van der Waals surface area contributed by atoms with Crippen LogP contribution in [0.15, 0.2) is 66.9 Å². The molecular formula is C33H41N5O3. The summed E-state index contributed by atoms with van der Waals surface area (Å²) in [6.07, 6.45) is 9.22. The third kappa shape index (κ3) is 8.78. The number of nitrogens with two attached hydrogens (primary N) is 2. The number of primary amides is 1. The fourth-order valence-corrected chi connectivity index (χ4v) is 4.76. The Labute approximate surface area is 241 Å². The van der Waals surface area contributed by atoms with Crippen LogP contribution in [0.5, 0.6) is 5.75 Å². The molecule has 8 heteroatoms. The number of rotatable bonds is 11. The number of nitrogens with zero attached hydrogens (tertiary/aromatic N) is 1. The van der Waals surface area contributed by atoms with Gasteiger partial charge in [0.2, 0.25) is 5.91 Å². The Morgan fingerprint density at radius 1 is 0.951 bits per heavy atom. The van der Waals surface area contributed by atoms with Crippen LogP contribution in [0.25, 0.3) is 32.9 Å². The highest BCUT2D eigenvalue weighted by Gasteiger charge is 2.11. The van der Waals surface area contributed by atoms with Crippen LogP contribution in [0.3, 0.4) is 0 Å². The van der Waals surface area contributed by atoms with Crippen molar-refractivity contribution >= 4 is 33.9 Å². The molecule has 8 nitrogen and oxygen atoms in total. The molecule has 0 saturated carbocycles. The number of ether oxygens (including phenoxy) is 1. The fourth-order valence-electron chi connectivity index (χ4n) is 4.76. The van der Waals surface area contributed by atoms with E-state index in [1.165, 1.54) is 23.4 Å². The summed E-state index contributed by atoms with van der Waals surface area (Å²) in [5.74, 6) is 1.49. The van der Waals surface area contributed by atoms with Crippen LogP contribution in [0.4, 0.5) is 0 Å². The van der Waals surface area contributed by atoms with Crippen LogP contribution in [0.2, 0.25) is 0 Å². The highest BCUT2D eigenvalue weighted by Crippen LogP contribution is 2.27. The van der Waals surface area contributed by atoms with Crippen LogP contribution in [0.1, 0.15) is 49.2 Å². The number of hydrogen-bond donors (Lipinski definition) is 4. The first kappa shape index (κ1) is 31.1. The van der Waals surface area contributed by atoms with Gasteiger partial charge in [-0.15, -0.1) is 0 Å². The van der Waals surface area contributed by atoms with Crippen LogP contribution >= 0.6 is 0 Å². The number of aldehydes is 1. The molecule has 3 aromatic carbocycles. The molecule has 0 spiro atoms. The molecule has 1 amide bonds. The predicted octanol–water partition coefficient (Wildman–Crippen LogP) is 6.01. The Kier molecular flexibility index (Phi) is 12.1. The van der Waals surface area contributed by atoms with Gasteiger partial charge < -0.3 is 31.0 Å². The van der Waals surface area contributed by atoms with E-state index in [2.05, 4.69) is 63.2 Å². The molecule has 2 aromatic heterocycles. The van der Waals surface area contributed by atoms with E-state index >= 15 is 0 Å². The molecule has 0 radical (unpaired) electrons. The minimum absolute atomic E-state index is 0.249. The summed E-state index contributed by atoms with van der Waals surface area (Å²) in [7, 11) is 3.12. The SMILES string of the molecule is CN.COc1ccc2[nH]c(C)c(CC(N)=O)c2c1.O=CCCCCCCc1ncc(-c2ccc3ccccc3c2)[nH]1. The zero-order chi connectivity index (χ0) is 29.6. The lowest BCUT2D eigenvalue weighted by Crippen LogP contribution is -2.13.